The van der Waals surface area contributed by atoms with Crippen LogP contribution in [0.15, 0.2) is 18.2 Å². The highest BCUT2D eigenvalue weighted by Crippen LogP contribution is 2.19. The number of carbonyl (C=O) groups is 1. The Hall–Kier alpha value is -1.35. The van der Waals surface area contributed by atoms with Crippen molar-refractivity contribution < 1.29 is 4.79 Å². The number of hydrogen-bond acceptors (Lipinski definition) is 2. The topological polar surface area (TPSA) is 41.1 Å². The zero-order valence-corrected chi connectivity index (χ0v) is 13.5. The van der Waals surface area contributed by atoms with Crippen molar-refractivity contribution in [2.24, 2.45) is 0 Å². The fourth-order valence-electron chi connectivity index (χ4n) is 3.12. The van der Waals surface area contributed by atoms with E-state index in [9.17, 15) is 4.79 Å². The first-order valence-electron chi connectivity index (χ1n) is 8.21. The lowest BCUT2D eigenvalue weighted by Crippen LogP contribution is -2.42. The second kappa shape index (κ2) is 7.60. The van der Waals surface area contributed by atoms with E-state index in [1.807, 2.05) is 19.1 Å². The Labute approximate surface area is 128 Å². The van der Waals surface area contributed by atoms with Gasteiger partial charge in [-0.2, -0.15) is 0 Å². The molecule has 0 radical (unpaired) electrons. The molecule has 1 aliphatic carbocycles. The molecule has 116 valence electrons. The number of aryl methyl sites for hydroxylation is 2. The maximum Gasteiger partial charge on any atom is 0.251 e. The molecule has 2 N–H and O–H groups in total. The van der Waals surface area contributed by atoms with Gasteiger partial charge in [0, 0.05) is 17.6 Å². The van der Waals surface area contributed by atoms with Crippen LogP contribution >= 0.6 is 0 Å². The molecule has 3 heteroatoms. The van der Waals surface area contributed by atoms with Crippen molar-refractivity contribution in [1.82, 2.24) is 10.6 Å². The van der Waals surface area contributed by atoms with Gasteiger partial charge in [0.05, 0.1) is 0 Å². The molecule has 1 aromatic carbocycles. The van der Waals surface area contributed by atoms with E-state index in [1.54, 1.807) is 0 Å². The van der Waals surface area contributed by atoms with Gasteiger partial charge in [0.2, 0.25) is 0 Å². The SMILES string of the molecule is CCCNC1CCC(NC(=O)c2ccc(C)cc2C)CC1. The number of amides is 1. The maximum atomic E-state index is 12.4. The van der Waals surface area contributed by atoms with E-state index in [1.165, 1.54) is 12.0 Å². The summed E-state index contributed by atoms with van der Waals surface area (Å²) >= 11 is 0. The molecule has 0 aromatic heterocycles. The predicted octanol–water partition coefficient (Wildman–Crippen LogP) is 3.34. The van der Waals surface area contributed by atoms with Crippen LogP contribution in [-0.2, 0) is 0 Å². The molecule has 0 spiro atoms. The van der Waals surface area contributed by atoms with Crippen LogP contribution in [0.5, 0.6) is 0 Å². The van der Waals surface area contributed by atoms with Crippen LogP contribution in [0.25, 0.3) is 0 Å². The molecule has 0 atom stereocenters. The fourth-order valence-corrected chi connectivity index (χ4v) is 3.12. The van der Waals surface area contributed by atoms with Crippen LogP contribution in [0.2, 0.25) is 0 Å². The maximum absolute atomic E-state index is 12.4. The molecule has 0 heterocycles. The van der Waals surface area contributed by atoms with Gasteiger partial charge < -0.3 is 10.6 Å². The minimum Gasteiger partial charge on any atom is -0.349 e. The summed E-state index contributed by atoms with van der Waals surface area (Å²) in [7, 11) is 0. The van der Waals surface area contributed by atoms with E-state index >= 15 is 0 Å². The van der Waals surface area contributed by atoms with Crippen LogP contribution in [0.3, 0.4) is 0 Å². The van der Waals surface area contributed by atoms with Gasteiger partial charge in [-0.3, -0.25) is 4.79 Å². The minimum atomic E-state index is 0.0810. The Morgan fingerprint density at radius 3 is 2.43 bits per heavy atom. The average Bonchev–Trinajstić information content (AvgIpc) is 2.46. The van der Waals surface area contributed by atoms with Crippen molar-refractivity contribution in [2.45, 2.75) is 65.0 Å². The Morgan fingerprint density at radius 2 is 1.81 bits per heavy atom. The second-order valence-corrected chi connectivity index (χ2v) is 6.29. The number of nitrogens with one attached hydrogen (secondary N) is 2. The third-order valence-electron chi connectivity index (χ3n) is 4.37. The lowest BCUT2D eigenvalue weighted by atomic mass is 9.90. The molecule has 1 amide bonds. The molecule has 21 heavy (non-hydrogen) atoms. The van der Waals surface area contributed by atoms with E-state index in [0.717, 1.165) is 43.4 Å². The van der Waals surface area contributed by atoms with Crippen LogP contribution < -0.4 is 10.6 Å². The van der Waals surface area contributed by atoms with Crippen molar-refractivity contribution >= 4 is 5.91 Å². The molecule has 0 aliphatic heterocycles. The lowest BCUT2D eigenvalue weighted by molar-refractivity contribution is 0.0923. The van der Waals surface area contributed by atoms with E-state index in [2.05, 4.69) is 30.5 Å². The first-order valence-corrected chi connectivity index (χ1v) is 8.21. The molecule has 1 aromatic rings. The molecule has 1 aliphatic rings. The van der Waals surface area contributed by atoms with Crippen LogP contribution in [-0.4, -0.2) is 24.5 Å². The third kappa shape index (κ3) is 4.57. The van der Waals surface area contributed by atoms with Gasteiger partial charge in [-0.05, 0) is 64.1 Å². The zero-order valence-electron chi connectivity index (χ0n) is 13.5. The van der Waals surface area contributed by atoms with Gasteiger partial charge in [-0.15, -0.1) is 0 Å². The standard InChI is InChI=1S/C18H28N2O/c1-4-11-19-15-6-8-16(9-7-15)20-18(21)17-10-5-13(2)12-14(17)3/h5,10,12,15-16,19H,4,6-9,11H2,1-3H3,(H,20,21). The van der Waals surface area contributed by atoms with Crippen molar-refractivity contribution in [3.05, 3.63) is 34.9 Å². The van der Waals surface area contributed by atoms with Gasteiger partial charge in [0.15, 0.2) is 0 Å². The predicted molar refractivity (Wildman–Crippen MR) is 87.7 cm³/mol. The second-order valence-electron chi connectivity index (χ2n) is 6.29. The van der Waals surface area contributed by atoms with Crippen molar-refractivity contribution in [3.8, 4) is 0 Å². The van der Waals surface area contributed by atoms with Crippen LogP contribution in [0, 0.1) is 13.8 Å². The first kappa shape index (κ1) is 16.0. The van der Waals surface area contributed by atoms with Crippen LogP contribution in [0.1, 0.15) is 60.5 Å². The Kier molecular flexibility index (Phi) is 5.80. The van der Waals surface area contributed by atoms with Crippen LogP contribution in [0.4, 0.5) is 0 Å². The molecule has 0 unspecified atom stereocenters. The Balaban J connectivity index is 1.84. The van der Waals surface area contributed by atoms with Crippen molar-refractivity contribution in [1.29, 1.82) is 0 Å². The zero-order chi connectivity index (χ0) is 15.2. The summed E-state index contributed by atoms with van der Waals surface area (Å²) in [5, 5.41) is 6.78. The minimum absolute atomic E-state index is 0.0810. The molecular formula is C18H28N2O. The number of benzene rings is 1. The van der Waals surface area contributed by atoms with Crippen molar-refractivity contribution in [2.75, 3.05) is 6.54 Å². The molecule has 2 rings (SSSR count). The summed E-state index contributed by atoms with van der Waals surface area (Å²) in [6.07, 6.45) is 5.68. The quantitative estimate of drug-likeness (QED) is 0.872. The number of hydrogen-bond donors (Lipinski definition) is 2. The van der Waals surface area contributed by atoms with Gasteiger partial charge in [-0.1, -0.05) is 24.6 Å². The molecule has 0 bridgehead atoms. The van der Waals surface area contributed by atoms with E-state index in [4.69, 9.17) is 0 Å². The first-order chi connectivity index (χ1) is 10.1. The Bertz CT molecular complexity index is 476. The largest absolute Gasteiger partial charge is 0.349 e. The molecule has 0 saturated heterocycles. The van der Waals surface area contributed by atoms with Crippen molar-refractivity contribution in [3.63, 3.8) is 0 Å². The molecule has 1 fully saturated rings. The lowest BCUT2D eigenvalue weighted by Gasteiger charge is -2.30. The Morgan fingerprint density at radius 1 is 1.14 bits per heavy atom. The number of rotatable bonds is 5. The summed E-state index contributed by atoms with van der Waals surface area (Å²) in [5.74, 6) is 0.0810. The van der Waals surface area contributed by atoms with Gasteiger partial charge >= 0.3 is 0 Å². The summed E-state index contributed by atoms with van der Waals surface area (Å²) in [6, 6.07) is 6.99. The molecule has 3 nitrogen and oxygen atoms in total. The van der Waals surface area contributed by atoms with Gasteiger partial charge in [0.1, 0.15) is 0 Å². The summed E-state index contributed by atoms with van der Waals surface area (Å²) in [5.41, 5.74) is 3.07. The van der Waals surface area contributed by atoms with E-state index in [0.29, 0.717) is 12.1 Å². The van der Waals surface area contributed by atoms with Gasteiger partial charge in [0.25, 0.3) is 5.91 Å². The highest BCUT2D eigenvalue weighted by Gasteiger charge is 2.22. The molecular weight excluding hydrogens is 260 g/mol. The smallest absolute Gasteiger partial charge is 0.251 e. The third-order valence-corrected chi connectivity index (χ3v) is 4.37. The normalized spacial score (nSPS) is 22.0. The average molecular weight is 288 g/mol. The summed E-state index contributed by atoms with van der Waals surface area (Å²) in [6.45, 7) is 7.36. The van der Waals surface area contributed by atoms with E-state index in [-0.39, 0.29) is 5.91 Å². The van der Waals surface area contributed by atoms with Gasteiger partial charge in [-0.25, -0.2) is 0 Å². The highest BCUT2D eigenvalue weighted by molar-refractivity contribution is 5.95. The fraction of sp³-hybridized carbons (Fsp3) is 0.611. The van der Waals surface area contributed by atoms with E-state index < -0.39 is 0 Å². The monoisotopic (exact) mass is 288 g/mol. The highest BCUT2D eigenvalue weighted by atomic mass is 16.1. The molecule has 1 saturated carbocycles. The summed E-state index contributed by atoms with van der Waals surface area (Å²) < 4.78 is 0. The summed E-state index contributed by atoms with van der Waals surface area (Å²) in [4.78, 5) is 12.4. The number of carbonyl (C=O) groups excluding carboxylic acids is 1.